The Morgan fingerprint density at radius 3 is 3.15 bits per heavy atom. The Bertz CT molecular complexity index is 349. The lowest BCUT2D eigenvalue weighted by Gasteiger charge is -2.17. The van der Waals surface area contributed by atoms with Crippen LogP contribution >= 0.6 is 0 Å². The monoisotopic (exact) mass is 179 g/mol. The van der Waals surface area contributed by atoms with Gasteiger partial charge in [-0.05, 0) is 18.2 Å². The highest BCUT2D eigenvalue weighted by Crippen LogP contribution is 2.25. The van der Waals surface area contributed by atoms with Gasteiger partial charge in [0, 0.05) is 5.56 Å². The molecule has 0 spiro atoms. The van der Waals surface area contributed by atoms with Crippen LogP contribution in [0.1, 0.15) is 5.56 Å². The first-order valence-corrected chi connectivity index (χ1v) is 3.90. The molecule has 4 heteroatoms. The van der Waals surface area contributed by atoms with Gasteiger partial charge in [-0.3, -0.25) is 5.32 Å². The average molecular weight is 179 g/mol. The number of cyclic esters (lactones) is 1. The van der Waals surface area contributed by atoms with Gasteiger partial charge < -0.3 is 9.47 Å². The van der Waals surface area contributed by atoms with Crippen LogP contribution in [0.25, 0.3) is 0 Å². The number of methoxy groups -OCH3 is 1. The van der Waals surface area contributed by atoms with Crippen LogP contribution in [0.15, 0.2) is 18.2 Å². The molecule has 2 rings (SSSR count). The van der Waals surface area contributed by atoms with Gasteiger partial charge in [0.15, 0.2) is 0 Å². The third kappa shape index (κ3) is 1.42. The molecule has 0 radical (unpaired) electrons. The molecule has 13 heavy (non-hydrogen) atoms. The molecule has 1 N–H and O–H groups in total. The lowest BCUT2D eigenvalue weighted by molar-refractivity contribution is 0.151. The van der Waals surface area contributed by atoms with Gasteiger partial charge in [0.25, 0.3) is 0 Å². The van der Waals surface area contributed by atoms with E-state index < -0.39 is 6.09 Å². The second-order valence-electron chi connectivity index (χ2n) is 2.72. The van der Waals surface area contributed by atoms with Crippen molar-refractivity contribution in [1.29, 1.82) is 0 Å². The summed E-state index contributed by atoms with van der Waals surface area (Å²) in [6.07, 6.45) is -0.405. The van der Waals surface area contributed by atoms with E-state index in [1.165, 1.54) is 0 Å². The predicted octanol–water partition coefficient (Wildman–Crippen LogP) is 1.76. The van der Waals surface area contributed by atoms with Crippen molar-refractivity contribution in [2.45, 2.75) is 6.61 Å². The van der Waals surface area contributed by atoms with Gasteiger partial charge in [-0.15, -0.1) is 0 Å². The highest BCUT2D eigenvalue weighted by molar-refractivity contribution is 5.87. The maximum Gasteiger partial charge on any atom is 0.411 e. The molecule has 0 bridgehead atoms. The summed E-state index contributed by atoms with van der Waals surface area (Å²) >= 11 is 0. The largest absolute Gasteiger partial charge is 0.497 e. The van der Waals surface area contributed by atoms with Gasteiger partial charge >= 0.3 is 6.09 Å². The molecule has 68 valence electrons. The molecule has 1 aliphatic rings. The van der Waals surface area contributed by atoms with Crippen molar-refractivity contribution in [1.82, 2.24) is 0 Å². The smallest absolute Gasteiger partial charge is 0.411 e. The van der Waals surface area contributed by atoms with Crippen LogP contribution in [-0.4, -0.2) is 13.2 Å². The number of ether oxygens (including phenoxy) is 2. The zero-order valence-corrected chi connectivity index (χ0v) is 7.16. The maximum atomic E-state index is 10.8. The number of carbonyl (C=O) groups is 1. The average Bonchev–Trinajstić information content (AvgIpc) is 2.17. The summed E-state index contributed by atoms with van der Waals surface area (Å²) in [5.74, 6) is 0.762. The van der Waals surface area contributed by atoms with Crippen molar-refractivity contribution < 1.29 is 14.3 Å². The summed E-state index contributed by atoms with van der Waals surface area (Å²) in [5, 5.41) is 2.59. The van der Waals surface area contributed by atoms with Crippen LogP contribution in [0.5, 0.6) is 5.75 Å². The maximum absolute atomic E-state index is 10.8. The number of benzene rings is 1. The quantitative estimate of drug-likeness (QED) is 0.714. The van der Waals surface area contributed by atoms with E-state index in [1.807, 2.05) is 6.07 Å². The molecule has 1 aromatic carbocycles. The zero-order chi connectivity index (χ0) is 9.26. The fourth-order valence-corrected chi connectivity index (χ4v) is 1.23. The van der Waals surface area contributed by atoms with Crippen LogP contribution < -0.4 is 10.1 Å². The number of rotatable bonds is 1. The molecule has 0 fully saturated rings. The third-order valence-corrected chi connectivity index (χ3v) is 1.91. The van der Waals surface area contributed by atoms with Gasteiger partial charge in [0.1, 0.15) is 12.4 Å². The fourth-order valence-electron chi connectivity index (χ4n) is 1.23. The summed E-state index contributed by atoms with van der Waals surface area (Å²) in [7, 11) is 1.60. The molecule has 1 aromatic rings. The Morgan fingerprint density at radius 2 is 2.38 bits per heavy atom. The molecule has 0 saturated heterocycles. The van der Waals surface area contributed by atoms with E-state index in [2.05, 4.69) is 5.32 Å². The number of carbonyl (C=O) groups excluding carboxylic acids is 1. The lowest BCUT2D eigenvalue weighted by Crippen LogP contribution is -2.20. The zero-order valence-electron chi connectivity index (χ0n) is 7.16. The van der Waals surface area contributed by atoms with Crippen molar-refractivity contribution in [2.24, 2.45) is 0 Å². The van der Waals surface area contributed by atoms with Gasteiger partial charge in [-0.25, -0.2) is 4.79 Å². The topological polar surface area (TPSA) is 47.6 Å². The number of fused-ring (bicyclic) bond motifs is 1. The van der Waals surface area contributed by atoms with Crippen LogP contribution in [0.4, 0.5) is 10.5 Å². The first kappa shape index (κ1) is 7.91. The minimum absolute atomic E-state index is 0.304. The van der Waals surface area contributed by atoms with Gasteiger partial charge in [0.05, 0.1) is 12.8 Å². The van der Waals surface area contributed by atoms with E-state index in [1.54, 1.807) is 19.2 Å². The Kier molecular flexibility index (Phi) is 1.81. The molecule has 0 aliphatic carbocycles. The first-order chi connectivity index (χ1) is 6.29. The van der Waals surface area contributed by atoms with E-state index in [9.17, 15) is 4.79 Å². The Labute approximate surface area is 75.5 Å². The molecule has 4 nitrogen and oxygen atoms in total. The van der Waals surface area contributed by atoms with E-state index in [4.69, 9.17) is 9.47 Å². The second-order valence-corrected chi connectivity index (χ2v) is 2.72. The van der Waals surface area contributed by atoms with Crippen LogP contribution in [0.2, 0.25) is 0 Å². The van der Waals surface area contributed by atoms with Crippen LogP contribution in [-0.2, 0) is 11.3 Å². The molecule has 0 unspecified atom stereocenters. The van der Waals surface area contributed by atoms with Gasteiger partial charge in [0.2, 0.25) is 0 Å². The number of hydrogen-bond acceptors (Lipinski definition) is 3. The first-order valence-electron chi connectivity index (χ1n) is 3.90. The van der Waals surface area contributed by atoms with Crippen molar-refractivity contribution in [3.63, 3.8) is 0 Å². The van der Waals surface area contributed by atoms with E-state index in [0.717, 1.165) is 17.0 Å². The normalized spacial score (nSPS) is 14.1. The van der Waals surface area contributed by atoms with Crippen LogP contribution in [0, 0.1) is 0 Å². The Morgan fingerprint density at radius 1 is 1.54 bits per heavy atom. The summed E-state index contributed by atoms with van der Waals surface area (Å²) in [6, 6.07) is 5.44. The predicted molar refractivity (Wildman–Crippen MR) is 46.8 cm³/mol. The minimum atomic E-state index is -0.405. The third-order valence-electron chi connectivity index (χ3n) is 1.91. The summed E-state index contributed by atoms with van der Waals surface area (Å²) in [4.78, 5) is 10.8. The number of hydrogen-bond donors (Lipinski definition) is 1. The van der Waals surface area contributed by atoms with Gasteiger partial charge in [-0.1, -0.05) is 0 Å². The molecule has 1 aliphatic heterocycles. The van der Waals surface area contributed by atoms with E-state index in [-0.39, 0.29) is 0 Å². The standard InChI is InChI=1S/C9H9NO3/c1-12-7-2-3-8-6(4-7)5-13-9(11)10-8/h2-4H,5H2,1H3,(H,10,11). The van der Waals surface area contributed by atoms with Crippen LogP contribution in [0.3, 0.4) is 0 Å². The Hall–Kier alpha value is -1.71. The summed E-state index contributed by atoms with van der Waals surface area (Å²) in [6.45, 7) is 0.304. The SMILES string of the molecule is COc1ccc2c(c1)COC(=O)N2. The van der Waals surface area contributed by atoms with E-state index in [0.29, 0.717) is 6.61 Å². The van der Waals surface area contributed by atoms with E-state index >= 15 is 0 Å². The van der Waals surface area contributed by atoms with Crippen molar-refractivity contribution in [3.05, 3.63) is 23.8 Å². The number of nitrogens with one attached hydrogen (secondary N) is 1. The summed E-state index contributed by atoms with van der Waals surface area (Å²) in [5.41, 5.74) is 1.72. The molecule has 0 atom stereocenters. The molecule has 1 heterocycles. The second kappa shape index (κ2) is 2.97. The van der Waals surface area contributed by atoms with Crippen molar-refractivity contribution >= 4 is 11.8 Å². The molecule has 0 saturated carbocycles. The molecule has 1 amide bonds. The summed E-state index contributed by atoms with van der Waals surface area (Å²) < 4.78 is 9.84. The highest BCUT2D eigenvalue weighted by atomic mass is 16.5. The number of amides is 1. The molecular formula is C9H9NO3. The van der Waals surface area contributed by atoms with Crippen molar-refractivity contribution in [3.8, 4) is 5.75 Å². The minimum Gasteiger partial charge on any atom is -0.497 e. The molecule has 0 aromatic heterocycles. The lowest BCUT2D eigenvalue weighted by atomic mass is 10.1. The fraction of sp³-hybridized carbons (Fsp3) is 0.222. The highest BCUT2D eigenvalue weighted by Gasteiger charge is 2.15. The van der Waals surface area contributed by atoms with Crippen molar-refractivity contribution in [2.75, 3.05) is 12.4 Å². The number of anilines is 1. The molecular weight excluding hydrogens is 170 g/mol. The Balaban J connectivity index is 2.36. The van der Waals surface area contributed by atoms with Gasteiger partial charge in [-0.2, -0.15) is 0 Å².